The van der Waals surface area contributed by atoms with Crippen molar-refractivity contribution in [3.05, 3.63) is 52.0 Å². The van der Waals surface area contributed by atoms with E-state index >= 15 is 0 Å². The van der Waals surface area contributed by atoms with E-state index in [2.05, 4.69) is 37.9 Å². The summed E-state index contributed by atoms with van der Waals surface area (Å²) in [4.78, 5) is 21.3. The van der Waals surface area contributed by atoms with Crippen LogP contribution in [0, 0.1) is 0 Å². The summed E-state index contributed by atoms with van der Waals surface area (Å²) in [6.07, 6.45) is 4.92. The van der Waals surface area contributed by atoms with Crippen molar-refractivity contribution in [2.75, 3.05) is 0 Å². The van der Waals surface area contributed by atoms with E-state index < -0.39 is 0 Å². The standard InChI is InChI=1S/C17H15BrN4O/c1-2-5-22-8-13-16(19-9-20-17(13)21-22)15-12-7-11(18)4-3-10(12)6-14(15)23/h3-4,7-9,15H,2,5-6H2,1H3. The van der Waals surface area contributed by atoms with Crippen LogP contribution in [0.5, 0.6) is 0 Å². The molecule has 1 aliphatic rings. The number of hydrogen-bond donors (Lipinski definition) is 0. The highest BCUT2D eigenvalue weighted by Crippen LogP contribution is 2.38. The maximum Gasteiger partial charge on any atom is 0.184 e. The van der Waals surface area contributed by atoms with Gasteiger partial charge in [0.25, 0.3) is 0 Å². The monoisotopic (exact) mass is 370 g/mol. The van der Waals surface area contributed by atoms with Crippen LogP contribution >= 0.6 is 15.9 Å². The van der Waals surface area contributed by atoms with E-state index in [-0.39, 0.29) is 11.7 Å². The molecule has 0 fully saturated rings. The number of halogens is 1. The molecule has 0 N–H and O–H groups in total. The molecule has 2 heterocycles. The van der Waals surface area contributed by atoms with Crippen LogP contribution in [0.15, 0.2) is 35.2 Å². The molecule has 2 aromatic heterocycles. The average molecular weight is 371 g/mol. The zero-order chi connectivity index (χ0) is 16.0. The molecule has 0 saturated heterocycles. The van der Waals surface area contributed by atoms with E-state index in [4.69, 9.17) is 0 Å². The third-order valence-electron chi connectivity index (χ3n) is 4.23. The molecular weight excluding hydrogens is 356 g/mol. The van der Waals surface area contributed by atoms with Gasteiger partial charge in [0, 0.05) is 23.6 Å². The fourth-order valence-corrected chi connectivity index (χ4v) is 3.61. The average Bonchev–Trinajstić information content (AvgIpc) is 3.07. The fraction of sp³-hybridized carbons (Fsp3) is 0.294. The van der Waals surface area contributed by atoms with E-state index in [1.54, 1.807) is 0 Å². The summed E-state index contributed by atoms with van der Waals surface area (Å²) in [6.45, 7) is 2.93. The fourth-order valence-electron chi connectivity index (χ4n) is 3.23. The number of aryl methyl sites for hydroxylation is 1. The van der Waals surface area contributed by atoms with Crippen molar-refractivity contribution in [1.82, 2.24) is 19.7 Å². The third kappa shape index (κ3) is 2.37. The summed E-state index contributed by atoms with van der Waals surface area (Å²) in [7, 11) is 0. The van der Waals surface area contributed by atoms with Crippen molar-refractivity contribution in [3.8, 4) is 0 Å². The largest absolute Gasteiger partial charge is 0.298 e. The Kier molecular flexibility index (Phi) is 3.49. The third-order valence-corrected chi connectivity index (χ3v) is 4.72. The van der Waals surface area contributed by atoms with Gasteiger partial charge in [-0.15, -0.1) is 0 Å². The van der Waals surface area contributed by atoms with E-state index in [0.717, 1.165) is 39.6 Å². The highest BCUT2D eigenvalue weighted by molar-refractivity contribution is 9.10. The molecule has 0 radical (unpaired) electrons. The number of Topliss-reactive ketones (excluding diaryl/α,β-unsaturated/α-hetero) is 1. The van der Waals surface area contributed by atoms with Gasteiger partial charge in [-0.05, 0) is 29.7 Å². The lowest BCUT2D eigenvalue weighted by atomic mass is 9.95. The Balaban J connectivity index is 1.89. The van der Waals surface area contributed by atoms with Crippen LogP contribution in [0.4, 0.5) is 0 Å². The smallest absolute Gasteiger partial charge is 0.184 e. The first-order valence-electron chi connectivity index (χ1n) is 7.66. The SMILES string of the molecule is CCCn1cc2c(C3C(=O)Cc4ccc(Br)cc43)ncnc2n1. The summed E-state index contributed by atoms with van der Waals surface area (Å²) in [5, 5.41) is 5.35. The molecule has 0 amide bonds. The molecule has 23 heavy (non-hydrogen) atoms. The number of ketones is 1. The molecule has 1 aliphatic carbocycles. The Hall–Kier alpha value is -2.08. The predicted molar refractivity (Wildman–Crippen MR) is 90.3 cm³/mol. The van der Waals surface area contributed by atoms with Crippen LogP contribution in [0.1, 0.15) is 36.1 Å². The molecule has 1 atom stereocenters. The van der Waals surface area contributed by atoms with Gasteiger partial charge in [-0.25, -0.2) is 9.97 Å². The van der Waals surface area contributed by atoms with Crippen molar-refractivity contribution in [1.29, 1.82) is 0 Å². The topological polar surface area (TPSA) is 60.7 Å². The Bertz CT molecular complexity index is 918. The second-order valence-corrected chi connectivity index (χ2v) is 6.72. The minimum absolute atomic E-state index is 0.182. The van der Waals surface area contributed by atoms with Gasteiger partial charge in [0.05, 0.1) is 17.0 Å². The lowest BCUT2D eigenvalue weighted by molar-refractivity contribution is -0.118. The highest BCUT2D eigenvalue weighted by atomic mass is 79.9. The first-order valence-corrected chi connectivity index (χ1v) is 8.45. The van der Waals surface area contributed by atoms with Gasteiger partial charge in [0.1, 0.15) is 6.33 Å². The predicted octanol–water partition coefficient (Wildman–Crippen LogP) is 3.26. The molecule has 0 bridgehead atoms. The maximum absolute atomic E-state index is 12.6. The molecule has 4 rings (SSSR count). The summed E-state index contributed by atoms with van der Waals surface area (Å²) in [5.74, 6) is -0.145. The highest BCUT2D eigenvalue weighted by Gasteiger charge is 2.34. The van der Waals surface area contributed by atoms with Crippen molar-refractivity contribution in [3.63, 3.8) is 0 Å². The Morgan fingerprint density at radius 3 is 3.04 bits per heavy atom. The second-order valence-electron chi connectivity index (χ2n) is 5.81. The normalized spacial score (nSPS) is 17.0. The van der Waals surface area contributed by atoms with Gasteiger partial charge in [-0.1, -0.05) is 28.9 Å². The molecule has 6 heteroatoms. The lowest BCUT2D eigenvalue weighted by Gasteiger charge is -2.10. The molecule has 3 aromatic rings. The molecule has 1 aromatic carbocycles. The number of nitrogens with zero attached hydrogens (tertiary/aromatic N) is 4. The van der Waals surface area contributed by atoms with Gasteiger partial charge in [0.2, 0.25) is 0 Å². The number of carbonyl (C=O) groups is 1. The van der Waals surface area contributed by atoms with Crippen molar-refractivity contribution >= 4 is 32.7 Å². The molecule has 0 aliphatic heterocycles. The van der Waals surface area contributed by atoms with Gasteiger partial charge in [-0.3, -0.25) is 9.48 Å². The Labute approximate surface area is 141 Å². The number of rotatable bonds is 3. The number of fused-ring (bicyclic) bond motifs is 2. The molecule has 1 unspecified atom stereocenters. The Morgan fingerprint density at radius 1 is 1.35 bits per heavy atom. The zero-order valence-corrected chi connectivity index (χ0v) is 14.2. The zero-order valence-electron chi connectivity index (χ0n) is 12.7. The Morgan fingerprint density at radius 2 is 2.22 bits per heavy atom. The van der Waals surface area contributed by atoms with E-state index in [1.807, 2.05) is 29.1 Å². The number of hydrogen-bond acceptors (Lipinski definition) is 4. The van der Waals surface area contributed by atoms with E-state index in [9.17, 15) is 4.79 Å². The molecule has 0 spiro atoms. The maximum atomic E-state index is 12.6. The molecule has 0 saturated carbocycles. The first-order chi connectivity index (χ1) is 11.2. The van der Waals surface area contributed by atoms with E-state index in [1.165, 1.54) is 6.33 Å². The van der Waals surface area contributed by atoms with Gasteiger partial charge < -0.3 is 0 Å². The number of benzene rings is 1. The molecule has 5 nitrogen and oxygen atoms in total. The minimum atomic E-state index is -0.327. The minimum Gasteiger partial charge on any atom is -0.298 e. The summed E-state index contributed by atoms with van der Waals surface area (Å²) >= 11 is 3.50. The van der Waals surface area contributed by atoms with Crippen molar-refractivity contribution < 1.29 is 4.79 Å². The lowest BCUT2D eigenvalue weighted by Crippen LogP contribution is -2.10. The van der Waals surface area contributed by atoms with Crippen molar-refractivity contribution in [2.45, 2.75) is 32.2 Å². The van der Waals surface area contributed by atoms with Crippen LogP contribution in [-0.2, 0) is 17.8 Å². The molecular formula is C17H15BrN4O. The van der Waals surface area contributed by atoms with Crippen molar-refractivity contribution in [2.24, 2.45) is 0 Å². The summed E-state index contributed by atoms with van der Waals surface area (Å²) in [6, 6.07) is 6.01. The van der Waals surface area contributed by atoms with Crippen LogP contribution in [0.3, 0.4) is 0 Å². The van der Waals surface area contributed by atoms with Gasteiger partial charge in [-0.2, -0.15) is 5.10 Å². The van der Waals surface area contributed by atoms with Gasteiger partial charge >= 0.3 is 0 Å². The second kappa shape index (κ2) is 5.53. The molecule has 116 valence electrons. The summed E-state index contributed by atoms with van der Waals surface area (Å²) < 4.78 is 2.85. The van der Waals surface area contributed by atoms with Crippen LogP contribution in [-0.4, -0.2) is 25.5 Å². The van der Waals surface area contributed by atoms with Crippen LogP contribution < -0.4 is 0 Å². The van der Waals surface area contributed by atoms with Gasteiger partial charge in [0.15, 0.2) is 11.4 Å². The summed E-state index contributed by atoms with van der Waals surface area (Å²) in [5.41, 5.74) is 3.53. The van der Waals surface area contributed by atoms with Crippen LogP contribution in [0.2, 0.25) is 0 Å². The van der Waals surface area contributed by atoms with E-state index in [0.29, 0.717) is 12.1 Å². The first kappa shape index (κ1) is 14.5. The number of carbonyl (C=O) groups excluding carboxylic acids is 1. The quantitative estimate of drug-likeness (QED) is 0.709. The van der Waals surface area contributed by atoms with Crippen LogP contribution in [0.25, 0.3) is 11.0 Å². The number of aromatic nitrogens is 4.